The van der Waals surface area contributed by atoms with Gasteiger partial charge in [0.25, 0.3) is 0 Å². The molecule has 0 spiro atoms. The van der Waals surface area contributed by atoms with E-state index in [1.807, 2.05) is 23.1 Å². The van der Waals surface area contributed by atoms with Crippen molar-refractivity contribution in [2.45, 2.75) is 19.6 Å². The summed E-state index contributed by atoms with van der Waals surface area (Å²) in [5.74, 6) is -0.116. The summed E-state index contributed by atoms with van der Waals surface area (Å²) in [6, 6.07) is 15.2. The molecule has 3 N–H and O–H groups in total. The number of pyridine rings is 3. The molecule has 0 aliphatic heterocycles. The average Bonchev–Trinajstić information content (AvgIpc) is 2.55. The molecule has 3 rings (SSSR count). The first kappa shape index (κ1) is 22.3. The fourth-order valence-electron chi connectivity index (χ4n) is 2.52. The number of nitrogens with zero attached hydrogens (tertiary/aromatic N) is 4. The zero-order valence-electron chi connectivity index (χ0n) is 14.1. The molecular weight excluding hydrogens is 403 g/mol. The molecule has 0 aromatic carbocycles. The molecule has 0 aliphatic rings. The van der Waals surface area contributed by atoms with Crippen molar-refractivity contribution < 1.29 is 37.1 Å². The van der Waals surface area contributed by atoms with E-state index in [9.17, 15) is 15.3 Å². The summed E-state index contributed by atoms with van der Waals surface area (Å²) >= 11 is 0. The van der Waals surface area contributed by atoms with E-state index in [2.05, 4.69) is 15.0 Å². The van der Waals surface area contributed by atoms with Gasteiger partial charge in [0.2, 0.25) is 17.6 Å². The quantitative estimate of drug-likeness (QED) is 0.448. The van der Waals surface area contributed by atoms with Gasteiger partial charge >= 0.3 is 17.1 Å². The maximum absolute atomic E-state index is 9.56. The van der Waals surface area contributed by atoms with Crippen LogP contribution in [-0.4, -0.2) is 35.2 Å². The van der Waals surface area contributed by atoms with Crippen LogP contribution in [0.3, 0.4) is 0 Å². The molecule has 0 aliphatic carbocycles. The molecule has 1 radical (unpaired) electrons. The number of halogens is 1. The molecule has 0 fully saturated rings. The van der Waals surface area contributed by atoms with E-state index in [0.717, 1.165) is 0 Å². The number of aromatic nitrogens is 3. The van der Waals surface area contributed by atoms with Crippen molar-refractivity contribution in [3.63, 3.8) is 0 Å². The van der Waals surface area contributed by atoms with Crippen LogP contribution in [0.5, 0.6) is 17.6 Å². The van der Waals surface area contributed by atoms with Crippen molar-refractivity contribution in [1.82, 2.24) is 19.9 Å². The van der Waals surface area contributed by atoms with E-state index in [4.69, 9.17) is 0 Å². The van der Waals surface area contributed by atoms with Gasteiger partial charge in [-0.2, -0.15) is 0 Å². The molecule has 0 saturated carbocycles. The number of rotatable bonds is 6. The summed E-state index contributed by atoms with van der Waals surface area (Å²) in [6.45, 7) is 1.34. The van der Waals surface area contributed by atoms with Gasteiger partial charge in [-0.05, 0) is 18.2 Å². The minimum Gasteiger partial charge on any atom is -1.00 e. The second kappa shape index (κ2) is 10.4. The number of hydrogen-bond donors (Lipinski definition) is 3. The molecule has 3 aromatic rings. The fraction of sp³-hybridized carbons (Fsp3) is 0.167. The standard InChI is InChI=1S/C18H18N4O3.Cu.FH/c23-16-7-1-4-13(19-16)10-22(11-14-5-2-8-17(24)20-14)12-15-6-3-9-18(25)21-15;;/h1-9H,10-12H2,(H,19,23)(H,20,24)(H,21,25);;1H/q;+2;/p-1. The second-order valence-electron chi connectivity index (χ2n) is 5.61. The Morgan fingerprint density at radius 1 is 0.593 bits per heavy atom. The van der Waals surface area contributed by atoms with Crippen molar-refractivity contribution in [1.29, 1.82) is 0 Å². The zero-order valence-corrected chi connectivity index (χ0v) is 15.1. The summed E-state index contributed by atoms with van der Waals surface area (Å²) in [5.41, 5.74) is 2.08. The molecule has 0 bridgehead atoms. The van der Waals surface area contributed by atoms with Crippen LogP contribution in [0, 0.1) is 0 Å². The topological polar surface area (TPSA) is 103 Å². The zero-order chi connectivity index (χ0) is 17.6. The van der Waals surface area contributed by atoms with Gasteiger partial charge in [0.05, 0.1) is 17.1 Å². The minimum absolute atomic E-state index is 0. The maximum atomic E-state index is 9.56. The van der Waals surface area contributed by atoms with E-state index in [0.29, 0.717) is 36.7 Å². The summed E-state index contributed by atoms with van der Waals surface area (Å²) in [5, 5.41) is 28.7. The van der Waals surface area contributed by atoms with Gasteiger partial charge in [-0.1, -0.05) is 18.2 Å². The Morgan fingerprint density at radius 2 is 0.889 bits per heavy atom. The first-order valence-electron chi connectivity index (χ1n) is 7.75. The van der Waals surface area contributed by atoms with Crippen LogP contribution >= 0.6 is 0 Å². The van der Waals surface area contributed by atoms with Gasteiger partial charge in [-0.15, -0.1) is 0 Å². The van der Waals surface area contributed by atoms with Crippen molar-refractivity contribution in [3.05, 3.63) is 71.7 Å². The van der Waals surface area contributed by atoms with E-state index in [1.54, 1.807) is 18.2 Å². The third-order valence-corrected chi connectivity index (χ3v) is 3.53. The van der Waals surface area contributed by atoms with Gasteiger partial charge in [0.1, 0.15) is 0 Å². The van der Waals surface area contributed by atoms with Crippen molar-refractivity contribution in [3.8, 4) is 17.6 Å². The average molecular weight is 421 g/mol. The summed E-state index contributed by atoms with van der Waals surface area (Å²) in [7, 11) is 0. The number of hydrogen-bond acceptors (Lipinski definition) is 7. The fourth-order valence-corrected chi connectivity index (χ4v) is 2.52. The van der Waals surface area contributed by atoms with E-state index in [-0.39, 0.29) is 39.4 Å². The largest absolute Gasteiger partial charge is 2.00 e. The van der Waals surface area contributed by atoms with Crippen molar-refractivity contribution in [2.75, 3.05) is 0 Å². The Bertz CT molecular complexity index is 756. The van der Waals surface area contributed by atoms with Gasteiger partial charge in [0, 0.05) is 37.8 Å². The first-order chi connectivity index (χ1) is 12.1. The molecule has 7 nitrogen and oxygen atoms in total. The SMILES string of the molecule is Oc1cccc(CN(Cc2cccc(O)n2)Cc2cccc(O)n2)n1.[Cu+2].[F-]. The molecule has 9 heteroatoms. The van der Waals surface area contributed by atoms with Gasteiger partial charge in [0.15, 0.2) is 0 Å². The van der Waals surface area contributed by atoms with Crippen LogP contribution < -0.4 is 4.70 Å². The van der Waals surface area contributed by atoms with Gasteiger partial charge in [-0.3, -0.25) is 4.90 Å². The molecule has 0 unspecified atom stereocenters. The van der Waals surface area contributed by atoms with Crippen LogP contribution in [0.4, 0.5) is 0 Å². The molecule has 145 valence electrons. The minimum atomic E-state index is -0.0385. The summed E-state index contributed by atoms with van der Waals surface area (Å²) < 4.78 is 0. The molecular formula is C18H18CuFN4O3+. The Balaban J connectivity index is 0.00000182. The summed E-state index contributed by atoms with van der Waals surface area (Å²) in [4.78, 5) is 14.3. The van der Waals surface area contributed by atoms with E-state index < -0.39 is 0 Å². The smallest absolute Gasteiger partial charge is 1.00 e. The van der Waals surface area contributed by atoms with Crippen LogP contribution in [0.25, 0.3) is 0 Å². The molecule has 0 saturated heterocycles. The molecule has 27 heavy (non-hydrogen) atoms. The molecule has 0 atom stereocenters. The molecule has 3 heterocycles. The Kier molecular flexibility index (Phi) is 8.61. The Hall–Kier alpha value is -2.74. The van der Waals surface area contributed by atoms with Crippen LogP contribution in [0.2, 0.25) is 0 Å². The first-order valence-corrected chi connectivity index (χ1v) is 7.75. The van der Waals surface area contributed by atoms with Crippen LogP contribution in [-0.2, 0) is 36.7 Å². The Labute approximate surface area is 166 Å². The van der Waals surface area contributed by atoms with Crippen molar-refractivity contribution >= 4 is 0 Å². The monoisotopic (exact) mass is 420 g/mol. The van der Waals surface area contributed by atoms with Gasteiger partial charge in [-0.25, -0.2) is 15.0 Å². The summed E-state index contributed by atoms with van der Waals surface area (Å²) in [6.07, 6.45) is 0. The van der Waals surface area contributed by atoms with Gasteiger partial charge < -0.3 is 20.0 Å². The number of aromatic hydroxyl groups is 3. The van der Waals surface area contributed by atoms with Crippen LogP contribution in [0.1, 0.15) is 17.1 Å². The molecule has 3 aromatic heterocycles. The predicted octanol–water partition coefficient (Wildman–Crippen LogP) is -0.808. The second-order valence-corrected chi connectivity index (χ2v) is 5.61. The predicted molar refractivity (Wildman–Crippen MR) is 90.7 cm³/mol. The normalized spacial score (nSPS) is 10.1. The van der Waals surface area contributed by atoms with Crippen LogP contribution in [0.15, 0.2) is 54.6 Å². The van der Waals surface area contributed by atoms with E-state index in [1.165, 1.54) is 18.2 Å². The third-order valence-electron chi connectivity index (χ3n) is 3.53. The third kappa shape index (κ3) is 6.82. The van der Waals surface area contributed by atoms with E-state index >= 15 is 0 Å². The maximum Gasteiger partial charge on any atom is 2.00 e. The van der Waals surface area contributed by atoms with Crippen molar-refractivity contribution in [2.24, 2.45) is 0 Å². The molecule has 0 amide bonds. The Morgan fingerprint density at radius 3 is 1.15 bits per heavy atom.